The molecule has 0 N–H and O–H groups in total. The highest BCUT2D eigenvalue weighted by Crippen LogP contribution is 2.22. The summed E-state index contributed by atoms with van der Waals surface area (Å²) in [6, 6.07) is 5.67. The molecule has 2 saturated heterocycles. The van der Waals surface area contributed by atoms with E-state index in [-0.39, 0.29) is 12.0 Å². The standard InChI is InChI=1S/C20H25N5O2S/c1-28-20-21-9-6-18(23-20)27-16-7-12-24(13-8-16)17-5-4-15(14-22-17)19(26)25-10-2-3-11-25/h4-6,9,14,16H,2-3,7-8,10-13H2,1H3. The average Bonchev–Trinajstić information content (AvgIpc) is 3.29. The van der Waals surface area contributed by atoms with Crippen LogP contribution in [0.5, 0.6) is 5.88 Å². The first kappa shape index (κ1) is 19.0. The molecule has 0 spiro atoms. The van der Waals surface area contributed by atoms with Crippen LogP contribution < -0.4 is 9.64 Å². The van der Waals surface area contributed by atoms with Crippen molar-refractivity contribution in [2.75, 3.05) is 37.3 Å². The molecule has 0 unspecified atom stereocenters. The molecule has 28 heavy (non-hydrogen) atoms. The number of nitrogens with zero attached hydrogens (tertiary/aromatic N) is 5. The molecule has 148 valence electrons. The molecule has 4 heterocycles. The zero-order valence-corrected chi connectivity index (χ0v) is 16.9. The van der Waals surface area contributed by atoms with Crippen molar-refractivity contribution in [3.63, 3.8) is 0 Å². The van der Waals surface area contributed by atoms with Gasteiger partial charge in [-0.2, -0.15) is 4.98 Å². The Labute approximate surface area is 169 Å². The Bertz CT molecular complexity index is 802. The highest BCUT2D eigenvalue weighted by atomic mass is 32.2. The number of hydrogen-bond donors (Lipinski definition) is 0. The van der Waals surface area contributed by atoms with Crippen molar-refractivity contribution in [1.29, 1.82) is 0 Å². The zero-order valence-electron chi connectivity index (χ0n) is 16.1. The number of carbonyl (C=O) groups excluding carboxylic acids is 1. The molecule has 0 atom stereocenters. The molecular weight excluding hydrogens is 374 g/mol. The van der Waals surface area contributed by atoms with Crippen molar-refractivity contribution in [3.8, 4) is 5.88 Å². The summed E-state index contributed by atoms with van der Waals surface area (Å²) in [7, 11) is 0. The molecule has 0 aliphatic carbocycles. The second kappa shape index (κ2) is 8.77. The summed E-state index contributed by atoms with van der Waals surface area (Å²) in [6.45, 7) is 3.47. The fraction of sp³-hybridized carbons (Fsp3) is 0.500. The number of aromatic nitrogens is 3. The largest absolute Gasteiger partial charge is 0.474 e. The summed E-state index contributed by atoms with van der Waals surface area (Å²) in [4.78, 5) is 29.7. The van der Waals surface area contributed by atoms with Crippen LogP contribution in [0.1, 0.15) is 36.0 Å². The number of pyridine rings is 1. The van der Waals surface area contributed by atoms with E-state index in [9.17, 15) is 4.79 Å². The van der Waals surface area contributed by atoms with Gasteiger partial charge in [0, 0.05) is 57.5 Å². The summed E-state index contributed by atoms with van der Waals surface area (Å²) in [5.74, 6) is 1.65. The van der Waals surface area contributed by atoms with Crippen LogP contribution in [0.15, 0.2) is 35.7 Å². The lowest BCUT2D eigenvalue weighted by Gasteiger charge is -2.32. The maximum absolute atomic E-state index is 12.4. The summed E-state index contributed by atoms with van der Waals surface area (Å²) in [5, 5.41) is 0.725. The SMILES string of the molecule is CSc1nccc(OC2CCN(c3ccc(C(=O)N4CCCC4)cn3)CC2)n1. The van der Waals surface area contributed by atoms with Crippen molar-refractivity contribution >= 4 is 23.5 Å². The van der Waals surface area contributed by atoms with E-state index in [2.05, 4.69) is 19.9 Å². The minimum Gasteiger partial charge on any atom is -0.474 e. The van der Waals surface area contributed by atoms with Gasteiger partial charge in [0.25, 0.3) is 5.91 Å². The van der Waals surface area contributed by atoms with Crippen molar-refractivity contribution in [2.24, 2.45) is 0 Å². The molecule has 2 aromatic heterocycles. The molecule has 0 saturated carbocycles. The molecule has 4 rings (SSSR count). The third-order valence-electron chi connectivity index (χ3n) is 5.23. The number of ether oxygens (including phenoxy) is 1. The number of carbonyl (C=O) groups is 1. The van der Waals surface area contributed by atoms with Crippen LogP contribution >= 0.6 is 11.8 Å². The molecule has 0 aromatic carbocycles. The van der Waals surface area contributed by atoms with E-state index in [4.69, 9.17) is 4.74 Å². The summed E-state index contributed by atoms with van der Waals surface area (Å²) >= 11 is 1.51. The van der Waals surface area contributed by atoms with Gasteiger partial charge < -0.3 is 14.5 Å². The molecular formula is C20H25N5O2S. The van der Waals surface area contributed by atoms with Crippen LogP contribution in [-0.4, -0.2) is 64.3 Å². The second-order valence-corrected chi connectivity index (χ2v) is 7.86. The first-order chi connectivity index (χ1) is 13.7. The maximum Gasteiger partial charge on any atom is 0.255 e. The summed E-state index contributed by atoms with van der Waals surface area (Å²) in [6.07, 6.45) is 9.57. The Morgan fingerprint density at radius 2 is 1.89 bits per heavy atom. The molecule has 7 nitrogen and oxygen atoms in total. The Morgan fingerprint density at radius 1 is 1.11 bits per heavy atom. The zero-order chi connectivity index (χ0) is 19.3. The number of thioether (sulfide) groups is 1. The van der Waals surface area contributed by atoms with E-state index in [1.165, 1.54) is 11.8 Å². The second-order valence-electron chi connectivity index (χ2n) is 7.09. The van der Waals surface area contributed by atoms with Crippen LogP contribution in [-0.2, 0) is 0 Å². The molecule has 2 aliphatic heterocycles. The Morgan fingerprint density at radius 3 is 2.57 bits per heavy atom. The average molecular weight is 400 g/mol. The van der Waals surface area contributed by atoms with E-state index >= 15 is 0 Å². The summed E-state index contributed by atoms with van der Waals surface area (Å²) in [5.41, 5.74) is 0.678. The number of piperidine rings is 1. The van der Waals surface area contributed by atoms with Crippen molar-refractivity contribution in [2.45, 2.75) is 36.9 Å². The van der Waals surface area contributed by atoms with Crippen LogP contribution in [0.4, 0.5) is 5.82 Å². The topological polar surface area (TPSA) is 71.5 Å². The number of likely N-dealkylation sites (tertiary alicyclic amines) is 1. The van der Waals surface area contributed by atoms with E-state index in [1.807, 2.05) is 29.4 Å². The fourth-order valence-corrected chi connectivity index (χ4v) is 4.01. The lowest BCUT2D eigenvalue weighted by atomic mass is 10.1. The number of anilines is 1. The van der Waals surface area contributed by atoms with Gasteiger partial charge in [-0.25, -0.2) is 9.97 Å². The van der Waals surface area contributed by atoms with E-state index in [0.717, 1.165) is 62.8 Å². The Hall–Kier alpha value is -2.35. The van der Waals surface area contributed by atoms with Gasteiger partial charge >= 0.3 is 0 Å². The number of amides is 1. The third-order valence-corrected chi connectivity index (χ3v) is 5.79. The van der Waals surface area contributed by atoms with Crippen molar-refractivity contribution in [3.05, 3.63) is 36.2 Å². The maximum atomic E-state index is 12.4. The van der Waals surface area contributed by atoms with Crippen molar-refractivity contribution in [1.82, 2.24) is 19.9 Å². The van der Waals surface area contributed by atoms with Gasteiger partial charge in [-0.15, -0.1) is 0 Å². The van der Waals surface area contributed by atoms with Gasteiger partial charge in [-0.1, -0.05) is 11.8 Å². The third kappa shape index (κ3) is 4.38. The van der Waals surface area contributed by atoms with E-state index in [0.29, 0.717) is 11.4 Å². The van der Waals surface area contributed by atoms with Crippen LogP contribution in [0, 0.1) is 0 Å². The monoisotopic (exact) mass is 399 g/mol. The Kier molecular flexibility index (Phi) is 5.95. The lowest BCUT2D eigenvalue weighted by molar-refractivity contribution is 0.0792. The summed E-state index contributed by atoms with van der Waals surface area (Å²) < 4.78 is 6.03. The Balaban J connectivity index is 1.31. The lowest BCUT2D eigenvalue weighted by Crippen LogP contribution is -2.38. The number of hydrogen-bond acceptors (Lipinski definition) is 7. The molecule has 2 aliphatic rings. The molecule has 0 radical (unpaired) electrons. The highest BCUT2D eigenvalue weighted by molar-refractivity contribution is 7.98. The van der Waals surface area contributed by atoms with Crippen LogP contribution in [0.25, 0.3) is 0 Å². The van der Waals surface area contributed by atoms with Crippen molar-refractivity contribution < 1.29 is 9.53 Å². The highest BCUT2D eigenvalue weighted by Gasteiger charge is 2.23. The molecule has 1 amide bonds. The van der Waals surface area contributed by atoms with Gasteiger partial charge in [-0.05, 0) is 31.2 Å². The minimum absolute atomic E-state index is 0.0955. The predicted molar refractivity (Wildman–Crippen MR) is 109 cm³/mol. The van der Waals surface area contributed by atoms with Gasteiger partial charge in [0.05, 0.1) is 5.56 Å². The first-order valence-electron chi connectivity index (χ1n) is 9.77. The van der Waals surface area contributed by atoms with Crippen LogP contribution in [0.3, 0.4) is 0 Å². The minimum atomic E-state index is 0.0955. The first-order valence-corrected chi connectivity index (χ1v) is 11.0. The molecule has 2 fully saturated rings. The van der Waals surface area contributed by atoms with Gasteiger partial charge in [-0.3, -0.25) is 4.79 Å². The van der Waals surface area contributed by atoms with Gasteiger partial charge in [0.1, 0.15) is 11.9 Å². The number of rotatable bonds is 5. The molecule has 8 heteroatoms. The van der Waals surface area contributed by atoms with Gasteiger partial charge in [0.15, 0.2) is 5.16 Å². The van der Waals surface area contributed by atoms with E-state index in [1.54, 1.807) is 12.4 Å². The quantitative estimate of drug-likeness (QED) is 0.565. The van der Waals surface area contributed by atoms with Gasteiger partial charge in [0.2, 0.25) is 5.88 Å². The van der Waals surface area contributed by atoms with E-state index < -0.39 is 0 Å². The molecule has 2 aromatic rings. The fourth-order valence-electron chi connectivity index (χ4n) is 3.67. The normalized spacial score (nSPS) is 17.8. The molecule has 0 bridgehead atoms. The van der Waals surface area contributed by atoms with Crippen LogP contribution in [0.2, 0.25) is 0 Å². The smallest absolute Gasteiger partial charge is 0.255 e. The predicted octanol–water partition coefficient (Wildman–Crippen LogP) is 2.88.